The van der Waals surface area contributed by atoms with Crippen LogP contribution < -0.4 is 0 Å². The molecule has 2 N–H and O–H groups in total. The summed E-state index contributed by atoms with van der Waals surface area (Å²) in [7, 11) is 0. The minimum Gasteiger partial charge on any atom is -0.395 e. The van der Waals surface area contributed by atoms with E-state index in [0.717, 1.165) is 16.9 Å². The third-order valence-corrected chi connectivity index (χ3v) is 3.86. The SMILES string of the molecule is CCCN(CCO)C(=O)c1cc(C)c(C#CCCO)s1. The maximum absolute atomic E-state index is 12.4. The molecule has 4 nitrogen and oxygen atoms in total. The average Bonchev–Trinajstić information content (AvgIpc) is 2.80. The van der Waals surface area contributed by atoms with Gasteiger partial charge in [0.05, 0.1) is 23.0 Å². The third-order valence-electron chi connectivity index (χ3n) is 2.72. The van der Waals surface area contributed by atoms with Gasteiger partial charge in [-0.25, -0.2) is 0 Å². The summed E-state index contributed by atoms with van der Waals surface area (Å²) in [6, 6.07) is 1.84. The standard InChI is InChI=1S/C15H21NO3S/c1-3-7-16(8-10-18)15(19)14-11-12(2)13(20-14)6-4-5-9-17/h11,17-18H,3,5,7-10H2,1-2H3. The van der Waals surface area contributed by atoms with E-state index in [1.54, 1.807) is 4.90 Å². The van der Waals surface area contributed by atoms with E-state index in [9.17, 15) is 4.79 Å². The van der Waals surface area contributed by atoms with Crippen molar-refractivity contribution in [1.82, 2.24) is 4.90 Å². The van der Waals surface area contributed by atoms with E-state index >= 15 is 0 Å². The first-order valence-corrected chi connectivity index (χ1v) is 7.56. The van der Waals surface area contributed by atoms with Gasteiger partial charge in [0.15, 0.2) is 0 Å². The molecule has 0 saturated heterocycles. The summed E-state index contributed by atoms with van der Waals surface area (Å²) in [4.78, 5) is 15.5. The van der Waals surface area contributed by atoms with Crippen molar-refractivity contribution in [2.45, 2.75) is 26.7 Å². The molecule has 0 radical (unpaired) electrons. The lowest BCUT2D eigenvalue weighted by atomic mass is 10.2. The van der Waals surface area contributed by atoms with E-state index in [4.69, 9.17) is 10.2 Å². The van der Waals surface area contributed by atoms with Gasteiger partial charge in [0, 0.05) is 19.5 Å². The summed E-state index contributed by atoms with van der Waals surface area (Å²) in [5.41, 5.74) is 0.976. The molecule has 0 aliphatic heterocycles. The Kier molecular flexibility index (Phi) is 7.31. The van der Waals surface area contributed by atoms with Crippen LogP contribution in [0.4, 0.5) is 0 Å². The van der Waals surface area contributed by atoms with E-state index in [-0.39, 0.29) is 19.1 Å². The Bertz CT molecular complexity index is 493. The van der Waals surface area contributed by atoms with Gasteiger partial charge < -0.3 is 15.1 Å². The molecule has 0 saturated carbocycles. The number of carbonyl (C=O) groups is 1. The largest absolute Gasteiger partial charge is 0.395 e. The number of aliphatic hydroxyl groups is 2. The molecular formula is C15H21NO3S. The molecule has 0 aliphatic rings. The minimum absolute atomic E-state index is 0.0285. The molecule has 0 aliphatic carbocycles. The number of aliphatic hydroxyl groups excluding tert-OH is 2. The number of rotatable bonds is 6. The van der Waals surface area contributed by atoms with Crippen LogP contribution >= 0.6 is 11.3 Å². The zero-order valence-corrected chi connectivity index (χ0v) is 12.8. The Morgan fingerprint density at radius 1 is 1.35 bits per heavy atom. The predicted molar refractivity (Wildman–Crippen MR) is 80.9 cm³/mol. The Morgan fingerprint density at radius 3 is 2.70 bits per heavy atom. The van der Waals surface area contributed by atoms with Crippen molar-refractivity contribution in [3.8, 4) is 11.8 Å². The van der Waals surface area contributed by atoms with Gasteiger partial charge in [-0.1, -0.05) is 18.8 Å². The summed E-state index contributed by atoms with van der Waals surface area (Å²) in [5.74, 6) is 5.80. The highest BCUT2D eigenvalue weighted by Crippen LogP contribution is 2.22. The van der Waals surface area contributed by atoms with Crippen molar-refractivity contribution in [1.29, 1.82) is 0 Å². The fraction of sp³-hybridized carbons (Fsp3) is 0.533. The third kappa shape index (κ3) is 4.64. The van der Waals surface area contributed by atoms with Crippen molar-refractivity contribution in [2.75, 3.05) is 26.3 Å². The van der Waals surface area contributed by atoms with Crippen molar-refractivity contribution >= 4 is 17.2 Å². The van der Waals surface area contributed by atoms with Crippen LogP contribution in [-0.4, -0.2) is 47.3 Å². The van der Waals surface area contributed by atoms with Crippen LogP contribution in [0.25, 0.3) is 0 Å². The summed E-state index contributed by atoms with van der Waals surface area (Å²) in [5, 5.41) is 17.7. The van der Waals surface area contributed by atoms with Gasteiger partial charge in [-0.15, -0.1) is 11.3 Å². The second-order valence-corrected chi connectivity index (χ2v) is 5.47. The molecule has 1 aromatic rings. The zero-order chi connectivity index (χ0) is 15.0. The number of thiophene rings is 1. The summed E-state index contributed by atoms with van der Waals surface area (Å²) >= 11 is 1.37. The van der Waals surface area contributed by atoms with Crippen LogP contribution in [0.1, 0.15) is 39.9 Å². The van der Waals surface area contributed by atoms with Crippen LogP contribution in [-0.2, 0) is 0 Å². The number of hydrogen-bond donors (Lipinski definition) is 2. The van der Waals surface area contributed by atoms with Crippen LogP contribution in [0.5, 0.6) is 0 Å². The van der Waals surface area contributed by atoms with Crippen molar-refractivity contribution in [2.24, 2.45) is 0 Å². The van der Waals surface area contributed by atoms with E-state index in [0.29, 0.717) is 24.4 Å². The van der Waals surface area contributed by atoms with E-state index in [2.05, 4.69) is 11.8 Å². The Morgan fingerprint density at radius 2 is 2.10 bits per heavy atom. The van der Waals surface area contributed by atoms with Gasteiger partial charge in [-0.3, -0.25) is 4.79 Å². The molecule has 0 bridgehead atoms. The second kappa shape index (κ2) is 8.75. The topological polar surface area (TPSA) is 60.8 Å². The molecule has 0 spiro atoms. The molecule has 1 rings (SSSR count). The molecule has 0 aromatic carbocycles. The summed E-state index contributed by atoms with van der Waals surface area (Å²) < 4.78 is 0. The number of carbonyl (C=O) groups excluding carboxylic acids is 1. The first-order valence-electron chi connectivity index (χ1n) is 6.74. The average molecular weight is 295 g/mol. The minimum atomic E-state index is -0.0517. The Hall–Kier alpha value is -1.35. The van der Waals surface area contributed by atoms with Crippen LogP contribution in [0, 0.1) is 18.8 Å². The fourth-order valence-electron chi connectivity index (χ4n) is 1.77. The quantitative estimate of drug-likeness (QED) is 0.784. The monoisotopic (exact) mass is 295 g/mol. The van der Waals surface area contributed by atoms with Crippen molar-refractivity contribution < 1.29 is 15.0 Å². The zero-order valence-electron chi connectivity index (χ0n) is 12.0. The number of nitrogens with zero attached hydrogens (tertiary/aromatic N) is 1. The molecule has 1 heterocycles. The number of aryl methyl sites for hydroxylation is 1. The molecule has 5 heteroatoms. The Labute approximate surface area is 124 Å². The summed E-state index contributed by atoms with van der Waals surface area (Å²) in [6.45, 7) is 4.94. The Balaban J connectivity index is 2.88. The molecule has 1 aromatic heterocycles. The highest BCUT2D eigenvalue weighted by Gasteiger charge is 2.17. The number of hydrogen-bond acceptors (Lipinski definition) is 4. The normalized spacial score (nSPS) is 10.0. The van der Waals surface area contributed by atoms with E-state index in [1.807, 2.05) is 19.9 Å². The van der Waals surface area contributed by atoms with E-state index < -0.39 is 0 Å². The molecule has 0 unspecified atom stereocenters. The van der Waals surface area contributed by atoms with Gasteiger partial charge in [-0.2, -0.15) is 0 Å². The van der Waals surface area contributed by atoms with Gasteiger partial charge >= 0.3 is 0 Å². The smallest absolute Gasteiger partial charge is 0.264 e. The van der Waals surface area contributed by atoms with Gasteiger partial charge in [0.1, 0.15) is 0 Å². The number of amides is 1. The van der Waals surface area contributed by atoms with Gasteiger partial charge in [0.2, 0.25) is 0 Å². The van der Waals surface area contributed by atoms with Crippen LogP contribution in [0.3, 0.4) is 0 Å². The molecule has 20 heavy (non-hydrogen) atoms. The van der Waals surface area contributed by atoms with Crippen LogP contribution in [0.2, 0.25) is 0 Å². The van der Waals surface area contributed by atoms with Crippen LogP contribution in [0.15, 0.2) is 6.07 Å². The summed E-state index contributed by atoms with van der Waals surface area (Å²) in [6.07, 6.45) is 1.30. The lowest BCUT2D eigenvalue weighted by molar-refractivity contribution is 0.0727. The first kappa shape index (κ1) is 16.7. The van der Waals surface area contributed by atoms with Gasteiger partial charge in [0.25, 0.3) is 5.91 Å². The van der Waals surface area contributed by atoms with Crippen molar-refractivity contribution in [3.05, 3.63) is 21.4 Å². The lowest BCUT2D eigenvalue weighted by Gasteiger charge is -2.19. The first-order chi connectivity index (χ1) is 9.63. The molecule has 110 valence electrons. The maximum Gasteiger partial charge on any atom is 0.264 e. The molecule has 1 amide bonds. The second-order valence-electron chi connectivity index (χ2n) is 4.41. The molecule has 0 fully saturated rings. The maximum atomic E-state index is 12.4. The van der Waals surface area contributed by atoms with Crippen molar-refractivity contribution in [3.63, 3.8) is 0 Å². The van der Waals surface area contributed by atoms with Gasteiger partial charge in [-0.05, 0) is 25.0 Å². The highest BCUT2D eigenvalue weighted by atomic mass is 32.1. The van der Waals surface area contributed by atoms with E-state index in [1.165, 1.54) is 11.3 Å². The highest BCUT2D eigenvalue weighted by molar-refractivity contribution is 7.14. The fourth-order valence-corrected chi connectivity index (χ4v) is 2.79. The molecular weight excluding hydrogens is 274 g/mol. The predicted octanol–water partition coefficient (Wildman–Crippen LogP) is 1.63. The molecule has 0 atom stereocenters. The lowest BCUT2D eigenvalue weighted by Crippen LogP contribution is -2.33.